The number of carbonyl (C=O) groups excluding carboxylic acids is 1. The average Bonchev–Trinajstić information content (AvgIpc) is 2.82. The average molecular weight is 373 g/mol. The highest BCUT2D eigenvalue weighted by atomic mass is 35.5. The number of benzene rings is 1. The zero-order valence-corrected chi connectivity index (χ0v) is 15.9. The molecule has 2 aliphatic heterocycles. The van der Waals surface area contributed by atoms with E-state index in [4.69, 9.17) is 16.6 Å². The van der Waals surface area contributed by atoms with E-state index in [0.717, 1.165) is 62.2 Å². The van der Waals surface area contributed by atoms with Crippen LogP contribution in [0, 0.1) is 0 Å². The van der Waals surface area contributed by atoms with Gasteiger partial charge in [-0.2, -0.15) is 0 Å². The lowest BCUT2D eigenvalue weighted by Gasteiger charge is -2.49. The van der Waals surface area contributed by atoms with Crippen molar-refractivity contribution < 1.29 is 4.79 Å². The van der Waals surface area contributed by atoms with Crippen molar-refractivity contribution in [2.24, 2.45) is 0 Å². The van der Waals surface area contributed by atoms with Crippen LogP contribution in [0.4, 0.5) is 0 Å². The first-order valence-corrected chi connectivity index (χ1v) is 9.68. The molecule has 1 aromatic carbocycles. The van der Waals surface area contributed by atoms with Gasteiger partial charge in [0.2, 0.25) is 5.91 Å². The van der Waals surface area contributed by atoms with Gasteiger partial charge in [0.05, 0.1) is 16.2 Å². The van der Waals surface area contributed by atoms with Crippen LogP contribution in [0.15, 0.2) is 30.3 Å². The van der Waals surface area contributed by atoms with Gasteiger partial charge >= 0.3 is 0 Å². The van der Waals surface area contributed by atoms with Crippen LogP contribution in [0.5, 0.6) is 0 Å². The number of para-hydroxylation sites is 1. The molecule has 3 heterocycles. The number of hydrogen-bond donors (Lipinski definition) is 1. The molecule has 0 radical (unpaired) electrons. The van der Waals surface area contributed by atoms with Crippen molar-refractivity contribution in [3.63, 3.8) is 0 Å². The van der Waals surface area contributed by atoms with Crippen LogP contribution in [-0.4, -0.2) is 59.5 Å². The number of nitrogens with one attached hydrogen (secondary N) is 1. The van der Waals surface area contributed by atoms with Gasteiger partial charge in [-0.3, -0.25) is 14.6 Å². The van der Waals surface area contributed by atoms with E-state index < -0.39 is 0 Å². The predicted octanol–water partition coefficient (Wildman–Crippen LogP) is 2.67. The Bertz CT molecular complexity index is 827. The molecule has 1 amide bonds. The lowest BCUT2D eigenvalue weighted by Crippen LogP contribution is -2.60. The molecule has 0 saturated carbocycles. The number of amides is 1. The number of aromatic nitrogens is 1. The number of carbonyl (C=O) groups is 1. The summed E-state index contributed by atoms with van der Waals surface area (Å²) in [4.78, 5) is 21.5. The highest BCUT2D eigenvalue weighted by molar-refractivity contribution is 6.35. The summed E-state index contributed by atoms with van der Waals surface area (Å²) in [6.45, 7) is 4.59. The summed E-state index contributed by atoms with van der Waals surface area (Å²) in [7, 11) is 2.20. The zero-order chi connectivity index (χ0) is 18.1. The van der Waals surface area contributed by atoms with E-state index in [0.29, 0.717) is 11.4 Å². The number of piperazine rings is 1. The number of fused-ring (bicyclic) bond motifs is 1. The molecule has 4 rings (SSSR count). The Labute approximate surface area is 159 Å². The third-order valence-corrected chi connectivity index (χ3v) is 6.23. The maximum Gasteiger partial charge on any atom is 0.220 e. The Balaban J connectivity index is 1.53. The van der Waals surface area contributed by atoms with Crippen LogP contribution < -0.4 is 5.32 Å². The first-order valence-electron chi connectivity index (χ1n) is 9.30. The van der Waals surface area contributed by atoms with Gasteiger partial charge in [0, 0.05) is 50.1 Å². The van der Waals surface area contributed by atoms with Crippen LogP contribution in [0.3, 0.4) is 0 Å². The van der Waals surface area contributed by atoms with E-state index in [9.17, 15) is 4.79 Å². The quantitative estimate of drug-likeness (QED) is 0.880. The van der Waals surface area contributed by atoms with E-state index in [2.05, 4.69) is 34.3 Å². The Hall–Kier alpha value is -1.69. The molecule has 2 aliphatic rings. The summed E-state index contributed by atoms with van der Waals surface area (Å²) < 4.78 is 0. The van der Waals surface area contributed by atoms with Crippen LogP contribution in [-0.2, 0) is 11.3 Å². The molecule has 0 unspecified atom stereocenters. The highest BCUT2D eigenvalue weighted by Crippen LogP contribution is 2.31. The first-order chi connectivity index (χ1) is 12.6. The van der Waals surface area contributed by atoms with Gasteiger partial charge in [-0.15, -0.1) is 0 Å². The number of pyridine rings is 1. The first kappa shape index (κ1) is 17.7. The minimum Gasteiger partial charge on any atom is -0.356 e. The third-order valence-electron chi connectivity index (χ3n) is 5.92. The SMILES string of the molecule is CN1CCN(Cc2ccc3cccc(Cl)c3n2)C[C@]12CCNC(=O)CC2. The summed E-state index contributed by atoms with van der Waals surface area (Å²) >= 11 is 6.32. The van der Waals surface area contributed by atoms with Crippen molar-refractivity contribution in [3.05, 3.63) is 41.0 Å². The molecular weight excluding hydrogens is 348 g/mol. The molecule has 2 fully saturated rings. The summed E-state index contributed by atoms with van der Waals surface area (Å²) in [5.74, 6) is 0.179. The fourth-order valence-electron chi connectivity index (χ4n) is 4.28. The monoisotopic (exact) mass is 372 g/mol. The molecule has 6 heteroatoms. The van der Waals surface area contributed by atoms with E-state index in [-0.39, 0.29) is 11.4 Å². The van der Waals surface area contributed by atoms with Crippen molar-refractivity contribution in [1.29, 1.82) is 0 Å². The second-order valence-electron chi connectivity index (χ2n) is 7.57. The standard InChI is InChI=1S/C20H25ClN4O/c1-24-11-12-25(14-20(24)8-7-18(26)22-10-9-20)13-16-6-5-15-3-2-4-17(21)19(15)23-16/h2-6H,7-14H2,1H3,(H,22,26)/t20-/m0/s1. The maximum atomic E-state index is 11.8. The van der Waals surface area contributed by atoms with Crippen molar-refractivity contribution in [1.82, 2.24) is 20.1 Å². The molecule has 0 aliphatic carbocycles. The van der Waals surface area contributed by atoms with E-state index in [1.807, 2.05) is 18.2 Å². The summed E-state index contributed by atoms with van der Waals surface area (Å²) in [5, 5.41) is 4.79. The molecule has 2 aromatic rings. The van der Waals surface area contributed by atoms with Crippen molar-refractivity contribution in [2.75, 3.05) is 33.2 Å². The fourth-order valence-corrected chi connectivity index (χ4v) is 4.51. The summed E-state index contributed by atoms with van der Waals surface area (Å²) in [6, 6.07) is 10.1. The number of hydrogen-bond acceptors (Lipinski definition) is 4. The normalized spacial score (nSPS) is 25.4. The van der Waals surface area contributed by atoms with Gasteiger partial charge in [-0.1, -0.05) is 29.8 Å². The van der Waals surface area contributed by atoms with Gasteiger partial charge in [0.25, 0.3) is 0 Å². The van der Waals surface area contributed by atoms with Gasteiger partial charge in [-0.05, 0) is 32.0 Å². The summed E-state index contributed by atoms with van der Waals surface area (Å²) in [6.07, 6.45) is 2.54. The molecule has 1 N–H and O–H groups in total. The second-order valence-corrected chi connectivity index (χ2v) is 7.98. The Morgan fingerprint density at radius 2 is 2.12 bits per heavy atom. The Morgan fingerprint density at radius 3 is 3.00 bits per heavy atom. The van der Waals surface area contributed by atoms with Crippen LogP contribution >= 0.6 is 11.6 Å². The lowest BCUT2D eigenvalue weighted by atomic mass is 9.86. The van der Waals surface area contributed by atoms with Crippen LogP contribution in [0.1, 0.15) is 25.0 Å². The molecule has 138 valence electrons. The topological polar surface area (TPSA) is 48.5 Å². The van der Waals surface area contributed by atoms with Crippen molar-refractivity contribution in [3.8, 4) is 0 Å². The summed E-state index contributed by atoms with van der Waals surface area (Å²) in [5.41, 5.74) is 2.00. The molecule has 2 saturated heterocycles. The van der Waals surface area contributed by atoms with Gasteiger partial charge in [-0.25, -0.2) is 4.98 Å². The molecule has 26 heavy (non-hydrogen) atoms. The minimum absolute atomic E-state index is 0.0753. The van der Waals surface area contributed by atoms with Gasteiger partial charge in [0.15, 0.2) is 0 Å². The fraction of sp³-hybridized carbons (Fsp3) is 0.500. The number of rotatable bonds is 2. The predicted molar refractivity (Wildman–Crippen MR) is 104 cm³/mol. The number of likely N-dealkylation sites (N-methyl/N-ethyl adjacent to an activating group) is 1. The van der Waals surface area contributed by atoms with E-state index in [1.54, 1.807) is 0 Å². The molecular formula is C20H25ClN4O. The van der Waals surface area contributed by atoms with Crippen LogP contribution in [0.2, 0.25) is 5.02 Å². The molecule has 1 aromatic heterocycles. The van der Waals surface area contributed by atoms with E-state index >= 15 is 0 Å². The Morgan fingerprint density at radius 1 is 1.23 bits per heavy atom. The largest absolute Gasteiger partial charge is 0.356 e. The third kappa shape index (κ3) is 3.43. The van der Waals surface area contributed by atoms with Gasteiger partial charge < -0.3 is 5.32 Å². The zero-order valence-electron chi connectivity index (χ0n) is 15.2. The van der Waals surface area contributed by atoms with Gasteiger partial charge in [0.1, 0.15) is 0 Å². The molecule has 1 spiro atoms. The molecule has 1 atom stereocenters. The van der Waals surface area contributed by atoms with E-state index in [1.165, 1.54) is 0 Å². The van der Waals surface area contributed by atoms with Crippen molar-refractivity contribution >= 4 is 28.4 Å². The second kappa shape index (κ2) is 7.14. The highest BCUT2D eigenvalue weighted by Gasteiger charge is 2.40. The lowest BCUT2D eigenvalue weighted by molar-refractivity contribution is -0.121. The number of nitrogens with zero attached hydrogens (tertiary/aromatic N) is 3. The molecule has 0 bridgehead atoms. The Kier molecular flexibility index (Phi) is 4.86. The van der Waals surface area contributed by atoms with Crippen molar-refractivity contribution in [2.45, 2.75) is 31.3 Å². The smallest absolute Gasteiger partial charge is 0.220 e. The minimum atomic E-state index is 0.0753. The molecule has 5 nitrogen and oxygen atoms in total. The number of halogens is 1. The maximum absolute atomic E-state index is 11.8. The van der Waals surface area contributed by atoms with Crippen LogP contribution in [0.25, 0.3) is 10.9 Å².